The first kappa shape index (κ1) is 14.5. The maximum atomic E-state index is 6.07. The van der Waals surface area contributed by atoms with Gasteiger partial charge in [0.15, 0.2) is 0 Å². The van der Waals surface area contributed by atoms with Gasteiger partial charge in [-0.1, -0.05) is 43.7 Å². The zero-order valence-corrected chi connectivity index (χ0v) is 12.2. The van der Waals surface area contributed by atoms with Crippen LogP contribution >= 0.6 is 0 Å². The molecule has 106 valence electrons. The molecule has 2 rings (SSSR count). The normalized spacial score (nSPS) is 24.5. The summed E-state index contributed by atoms with van der Waals surface area (Å²) in [6.45, 7) is 5.11. The second-order valence-corrected chi connectivity index (χ2v) is 5.58. The van der Waals surface area contributed by atoms with Gasteiger partial charge in [0.25, 0.3) is 0 Å². The second-order valence-electron chi connectivity index (χ2n) is 5.58. The lowest BCUT2D eigenvalue weighted by Crippen LogP contribution is -2.21. The smallest absolute Gasteiger partial charge is 0.0813 e. The summed E-state index contributed by atoms with van der Waals surface area (Å²) in [6, 6.07) is 10.6. The molecule has 0 aromatic heterocycles. The van der Waals surface area contributed by atoms with E-state index in [1.54, 1.807) is 0 Å². The lowest BCUT2D eigenvalue weighted by molar-refractivity contribution is -0.0383. The van der Waals surface area contributed by atoms with Crippen LogP contribution in [0, 0.1) is 0 Å². The fourth-order valence-corrected chi connectivity index (χ4v) is 2.69. The average molecular weight is 262 g/mol. The van der Waals surface area contributed by atoms with Crippen molar-refractivity contribution in [1.82, 2.24) is 0 Å². The van der Waals surface area contributed by atoms with Crippen LogP contribution in [0.1, 0.15) is 45.1 Å². The maximum absolute atomic E-state index is 6.07. The van der Waals surface area contributed by atoms with Gasteiger partial charge < -0.3 is 9.47 Å². The fraction of sp³-hybridized carbons (Fsp3) is 0.647. The Morgan fingerprint density at radius 3 is 2.68 bits per heavy atom. The molecule has 0 spiro atoms. The average Bonchev–Trinajstić information content (AvgIpc) is 2.86. The van der Waals surface area contributed by atoms with Gasteiger partial charge in [-0.25, -0.2) is 0 Å². The molecule has 0 amide bonds. The molecule has 0 N–H and O–H groups in total. The number of hydrogen-bond donors (Lipinski definition) is 0. The van der Waals surface area contributed by atoms with Crippen LogP contribution in [0.3, 0.4) is 0 Å². The van der Waals surface area contributed by atoms with Gasteiger partial charge in [-0.15, -0.1) is 0 Å². The monoisotopic (exact) mass is 262 g/mol. The molecule has 0 radical (unpaired) electrons. The standard InChI is InChI=1S/C17H26O2/c1-3-7-14(2)18-13-17-11-10-16(19-17)12-15-8-5-4-6-9-15/h4-6,8-9,14,16-17H,3,7,10-13H2,1-2H3. The SMILES string of the molecule is CCCC(C)OCC1CCC(Cc2ccccc2)O1. The largest absolute Gasteiger partial charge is 0.376 e. The van der Waals surface area contributed by atoms with Gasteiger partial charge in [0.2, 0.25) is 0 Å². The van der Waals surface area contributed by atoms with E-state index in [2.05, 4.69) is 44.2 Å². The zero-order chi connectivity index (χ0) is 13.5. The summed E-state index contributed by atoms with van der Waals surface area (Å²) < 4.78 is 11.9. The summed E-state index contributed by atoms with van der Waals surface area (Å²) in [4.78, 5) is 0. The van der Waals surface area contributed by atoms with Gasteiger partial charge >= 0.3 is 0 Å². The molecule has 1 aliphatic heterocycles. The topological polar surface area (TPSA) is 18.5 Å². The lowest BCUT2D eigenvalue weighted by Gasteiger charge is -2.17. The van der Waals surface area contributed by atoms with Crippen molar-refractivity contribution in [3.63, 3.8) is 0 Å². The molecule has 1 heterocycles. The second kappa shape index (κ2) is 7.66. The van der Waals surface area contributed by atoms with Crippen LogP contribution in [0.4, 0.5) is 0 Å². The highest BCUT2D eigenvalue weighted by Crippen LogP contribution is 2.23. The minimum absolute atomic E-state index is 0.299. The molecular formula is C17H26O2. The van der Waals surface area contributed by atoms with Crippen LogP contribution in [0.15, 0.2) is 30.3 Å². The molecule has 3 unspecified atom stereocenters. The molecule has 0 saturated carbocycles. The summed E-state index contributed by atoms with van der Waals surface area (Å²) in [5.41, 5.74) is 1.37. The number of rotatable bonds is 7. The number of ether oxygens (including phenoxy) is 2. The van der Waals surface area contributed by atoms with Crippen LogP contribution in [0.2, 0.25) is 0 Å². The lowest BCUT2D eigenvalue weighted by atomic mass is 10.1. The summed E-state index contributed by atoms with van der Waals surface area (Å²) in [6.07, 6.45) is 6.68. The molecule has 0 aliphatic carbocycles. The first-order chi connectivity index (χ1) is 9.28. The summed E-state index contributed by atoms with van der Waals surface area (Å²) in [7, 11) is 0. The fourth-order valence-electron chi connectivity index (χ4n) is 2.69. The van der Waals surface area contributed by atoms with Gasteiger partial charge in [-0.05, 0) is 38.2 Å². The Kier molecular flexibility index (Phi) is 5.87. The minimum Gasteiger partial charge on any atom is -0.376 e. The van der Waals surface area contributed by atoms with E-state index in [9.17, 15) is 0 Å². The Morgan fingerprint density at radius 1 is 1.21 bits per heavy atom. The van der Waals surface area contributed by atoms with Crippen LogP contribution < -0.4 is 0 Å². The van der Waals surface area contributed by atoms with E-state index >= 15 is 0 Å². The Labute approximate surface area is 117 Å². The van der Waals surface area contributed by atoms with Crippen molar-refractivity contribution in [3.8, 4) is 0 Å². The first-order valence-corrected chi connectivity index (χ1v) is 7.59. The van der Waals surface area contributed by atoms with Gasteiger partial charge in [0.1, 0.15) is 0 Å². The van der Waals surface area contributed by atoms with E-state index in [1.165, 1.54) is 12.0 Å². The Balaban J connectivity index is 1.68. The van der Waals surface area contributed by atoms with E-state index in [0.717, 1.165) is 32.3 Å². The van der Waals surface area contributed by atoms with Crippen LogP contribution in [-0.2, 0) is 15.9 Å². The van der Waals surface area contributed by atoms with E-state index in [4.69, 9.17) is 9.47 Å². The van der Waals surface area contributed by atoms with Crippen LogP contribution in [0.25, 0.3) is 0 Å². The molecule has 1 aliphatic rings. The Hall–Kier alpha value is -0.860. The number of benzene rings is 1. The summed E-state index contributed by atoms with van der Waals surface area (Å²) >= 11 is 0. The molecule has 2 nitrogen and oxygen atoms in total. The predicted octanol–water partition coefficient (Wildman–Crippen LogP) is 3.98. The molecule has 0 bridgehead atoms. The third kappa shape index (κ3) is 4.96. The van der Waals surface area contributed by atoms with E-state index < -0.39 is 0 Å². The molecule has 1 fully saturated rings. The van der Waals surface area contributed by atoms with Crippen molar-refractivity contribution in [2.75, 3.05) is 6.61 Å². The Bertz CT molecular complexity index is 350. The zero-order valence-electron chi connectivity index (χ0n) is 12.2. The van der Waals surface area contributed by atoms with E-state index in [-0.39, 0.29) is 0 Å². The van der Waals surface area contributed by atoms with Gasteiger partial charge in [0.05, 0.1) is 24.9 Å². The third-order valence-corrected chi connectivity index (χ3v) is 3.76. The number of hydrogen-bond acceptors (Lipinski definition) is 2. The third-order valence-electron chi connectivity index (χ3n) is 3.76. The van der Waals surface area contributed by atoms with Crippen LogP contribution in [-0.4, -0.2) is 24.9 Å². The van der Waals surface area contributed by atoms with Gasteiger partial charge in [0, 0.05) is 0 Å². The van der Waals surface area contributed by atoms with Crippen molar-refractivity contribution in [2.24, 2.45) is 0 Å². The molecule has 3 atom stereocenters. The summed E-state index contributed by atoms with van der Waals surface area (Å²) in [5.74, 6) is 0. The highest BCUT2D eigenvalue weighted by Gasteiger charge is 2.25. The predicted molar refractivity (Wildman–Crippen MR) is 78.4 cm³/mol. The van der Waals surface area contributed by atoms with Gasteiger partial charge in [-0.2, -0.15) is 0 Å². The van der Waals surface area contributed by atoms with Gasteiger partial charge in [-0.3, -0.25) is 0 Å². The molecule has 1 aromatic rings. The molecular weight excluding hydrogens is 236 g/mol. The first-order valence-electron chi connectivity index (χ1n) is 7.59. The highest BCUT2D eigenvalue weighted by molar-refractivity contribution is 5.15. The van der Waals surface area contributed by atoms with Crippen molar-refractivity contribution < 1.29 is 9.47 Å². The molecule has 19 heavy (non-hydrogen) atoms. The Morgan fingerprint density at radius 2 is 1.95 bits per heavy atom. The van der Waals surface area contributed by atoms with E-state index in [1.807, 2.05) is 0 Å². The van der Waals surface area contributed by atoms with Crippen molar-refractivity contribution >= 4 is 0 Å². The van der Waals surface area contributed by atoms with E-state index in [0.29, 0.717) is 18.3 Å². The maximum Gasteiger partial charge on any atom is 0.0813 e. The van der Waals surface area contributed by atoms with Crippen molar-refractivity contribution in [3.05, 3.63) is 35.9 Å². The molecule has 1 aromatic carbocycles. The highest BCUT2D eigenvalue weighted by atomic mass is 16.5. The van der Waals surface area contributed by atoms with Crippen LogP contribution in [0.5, 0.6) is 0 Å². The minimum atomic E-state index is 0.299. The molecule has 1 saturated heterocycles. The molecule has 2 heteroatoms. The van der Waals surface area contributed by atoms with Crippen molar-refractivity contribution in [2.45, 2.75) is 64.3 Å². The summed E-state index contributed by atoms with van der Waals surface area (Å²) in [5, 5.41) is 0. The van der Waals surface area contributed by atoms with Crippen molar-refractivity contribution in [1.29, 1.82) is 0 Å². The quantitative estimate of drug-likeness (QED) is 0.740.